The van der Waals surface area contributed by atoms with E-state index in [1.54, 1.807) is 0 Å². The Kier molecular flexibility index (Phi) is 3.62. The second-order valence-electron chi connectivity index (χ2n) is 4.39. The summed E-state index contributed by atoms with van der Waals surface area (Å²) in [5, 5.41) is 18.4. The topological polar surface area (TPSA) is 77.8 Å². The molecule has 1 fully saturated rings. The van der Waals surface area contributed by atoms with Gasteiger partial charge in [0.15, 0.2) is 0 Å². The number of rotatable bonds is 4. The van der Waals surface area contributed by atoms with Crippen LogP contribution in [-0.4, -0.2) is 40.1 Å². The van der Waals surface area contributed by atoms with E-state index in [1.807, 2.05) is 30.3 Å². The van der Waals surface area contributed by atoms with Gasteiger partial charge in [0.25, 0.3) is 0 Å². The highest BCUT2D eigenvalue weighted by atomic mass is 16.4. The monoisotopic (exact) mass is 249 g/mol. The SMILES string of the molecule is O=C(O)[C@H]1CC(=O)N(C(CO)c2ccccc2)C1. The maximum Gasteiger partial charge on any atom is 0.308 e. The summed E-state index contributed by atoms with van der Waals surface area (Å²) in [4.78, 5) is 24.2. The summed E-state index contributed by atoms with van der Waals surface area (Å²) in [6.07, 6.45) is 0.0126. The number of carbonyl (C=O) groups excluding carboxylic acids is 1. The second kappa shape index (κ2) is 5.18. The number of benzene rings is 1. The first-order valence-corrected chi connectivity index (χ1v) is 5.81. The van der Waals surface area contributed by atoms with E-state index in [0.29, 0.717) is 0 Å². The number of likely N-dealkylation sites (tertiary alicyclic amines) is 1. The zero-order chi connectivity index (χ0) is 13.1. The summed E-state index contributed by atoms with van der Waals surface area (Å²) >= 11 is 0. The van der Waals surface area contributed by atoms with Gasteiger partial charge in [0.2, 0.25) is 5.91 Å². The molecule has 2 rings (SSSR count). The van der Waals surface area contributed by atoms with E-state index < -0.39 is 17.9 Å². The minimum Gasteiger partial charge on any atom is -0.481 e. The molecule has 5 nitrogen and oxygen atoms in total. The highest BCUT2D eigenvalue weighted by molar-refractivity contribution is 5.86. The fraction of sp³-hybridized carbons (Fsp3) is 0.385. The van der Waals surface area contributed by atoms with Gasteiger partial charge in [-0.2, -0.15) is 0 Å². The Bertz CT molecular complexity index is 446. The van der Waals surface area contributed by atoms with Gasteiger partial charge >= 0.3 is 5.97 Å². The molecule has 2 atom stereocenters. The average Bonchev–Trinajstić information content (AvgIpc) is 2.74. The number of carbonyl (C=O) groups is 2. The van der Waals surface area contributed by atoms with Crippen LogP contribution in [0.1, 0.15) is 18.0 Å². The Hall–Kier alpha value is -1.88. The van der Waals surface area contributed by atoms with E-state index in [-0.39, 0.29) is 25.5 Å². The van der Waals surface area contributed by atoms with E-state index in [2.05, 4.69) is 0 Å². The van der Waals surface area contributed by atoms with Crippen molar-refractivity contribution < 1.29 is 19.8 Å². The smallest absolute Gasteiger partial charge is 0.308 e. The molecule has 1 aliphatic heterocycles. The van der Waals surface area contributed by atoms with Gasteiger partial charge in [-0.15, -0.1) is 0 Å². The molecule has 1 amide bonds. The van der Waals surface area contributed by atoms with Crippen LogP contribution < -0.4 is 0 Å². The molecule has 1 unspecified atom stereocenters. The van der Waals surface area contributed by atoms with Gasteiger partial charge in [-0.25, -0.2) is 0 Å². The lowest BCUT2D eigenvalue weighted by atomic mass is 10.1. The van der Waals surface area contributed by atoms with Crippen LogP contribution in [0.4, 0.5) is 0 Å². The standard InChI is InChI=1S/C13H15NO4/c15-8-11(9-4-2-1-3-5-9)14-7-10(13(17)18)6-12(14)16/h1-5,10-11,15H,6-8H2,(H,17,18)/t10-,11?/m0/s1. The van der Waals surface area contributed by atoms with Crippen molar-refractivity contribution >= 4 is 11.9 Å². The van der Waals surface area contributed by atoms with Gasteiger partial charge in [0, 0.05) is 13.0 Å². The van der Waals surface area contributed by atoms with Crippen molar-refractivity contribution in [3.8, 4) is 0 Å². The average molecular weight is 249 g/mol. The lowest BCUT2D eigenvalue weighted by molar-refractivity contribution is -0.141. The largest absolute Gasteiger partial charge is 0.481 e. The Morgan fingerprint density at radius 3 is 2.56 bits per heavy atom. The number of aliphatic hydroxyl groups is 1. The van der Waals surface area contributed by atoms with E-state index in [4.69, 9.17) is 5.11 Å². The van der Waals surface area contributed by atoms with Crippen LogP contribution in [0.3, 0.4) is 0 Å². The quantitative estimate of drug-likeness (QED) is 0.821. The number of carboxylic acids is 1. The molecule has 18 heavy (non-hydrogen) atoms. The molecular formula is C13H15NO4. The number of hydrogen-bond acceptors (Lipinski definition) is 3. The number of aliphatic carboxylic acids is 1. The first-order chi connectivity index (χ1) is 8.63. The molecule has 0 saturated carbocycles. The molecule has 2 N–H and O–H groups in total. The van der Waals surface area contributed by atoms with E-state index in [9.17, 15) is 14.7 Å². The molecule has 1 aliphatic rings. The van der Waals surface area contributed by atoms with Crippen molar-refractivity contribution in [2.24, 2.45) is 5.92 Å². The van der Waals surface area contributed by atoms with Crippen molar-refractivity contribution in [2.45, 2.75) is 12.5 Å². The van der Waals surface area contributed by atoms with Gasteiger partial charge in [-0.05, 0) is 5.56 Å². The third-order valence-electron chi connectivity index (χ3n) is 3.24. The Morgan fingerprint density at radius 2 is 2.06 bits per heavy atom. The summed E-state index contributed by atoms with van der Waals surface area (Å²) in [7, 11) is 0. The van der Waals surface area contributed by atoms with Crippen LogP contribution in [0.5, 0.6) is 0 Å². The first kappa shape index (κ1) is 12.6. The van der Waals surface area contributed by atoms with Crippen LogP contribution in [-0.2, 0) is 9.59 Å². The lowest BCUT2D eigenvalue weighted by Crippen LogP contribution is -2.33. The molecule has 0 spiro atoms. The molecule has 0 aromatic heterocycles. The molecule has 1 aromatic rings. The number of hydrogen-bond donors (Lipinski definition) is 2. The van der Waals surface area contributed by atoms with Crippen LogP contribution >= 0.6 is 0 Å². The maximum absolute atomic E-state index is 11.8. The molecule has 1 saturated heterocycles. The molecule has 0 aliphatic carbocycles. The molecule has 96 valence electrons. The predicted molar refractivity (Wildman–Crippen MR) is 63.7 cm³/mol. The number of aliphatic hydroxyl groups excluding tert-OH is 1. The van der Waals surface area contributed by atoms with E-state index in [1.165, 1.54) is 4.90 Å². The maximum atomic E-state index is 11.8. The highest BCUT2D eigenvalue weighted by Crippen LogP contribution is 2.28. The zero-order valence-corrected chi connectivity index (χ0v) is 9.82. The van der Waals surface area contributed by atoms with Crippen LogP contribution in [0.15, 0.2) is 30.3 Å². The molecular weight excluding hydrogens is 234 g/mol. The summed E-state index contributed by atoms with van der Waals surface area (Å²) in [5.74, 6) is -1.85. The number of amides is 1. The molecule has 0 radical (unpaired) electrons. The first-order valence-electron chi connectivity index (χ1n) is 5.81. The van der Waals surface area contributed by atoms with Crippen LogP contribution in [0.2, 0.25) is 0 Å². The third kappa shape index (κ3) is 2.36. The van der Waals surface area contributed by atoms with Gasteiger partial charge in [-0.3, -0.25) is 9.59 Å². The van der Waals surface area contributed by atoms with Gasteiger partial charge in [0.05, 0.1) is 18.6 Å². The molecule has 0 bridgehead atoms. The predicted octanol–water partition coefficient (Wildman–Crippen LogP) is 0.653. The van der Waals surface area contributed by atoms with Crippen molar-refractivity contribution in [1.82, 2.24) is 4.90 Å². The van der Waals surface area contributed by atoms with E-state index >= 15 is 0 Å². The molecule has 1 heterocycles. The van der Waals surface area contributed by atoms with Gasteiger partial charge in [-0.1, -0.05) is 30.3 Å². The highest BCUT2D eigenvalue weighted by Gasteiger charge is 2.38. The van der Waals surface area contributed by atoms with Crippen LogP contribution in [0.25, 0.3) is 0 Å². The minimum atomic E-state index is -0.962. The third-order valence-corrected chi connectivity index (χ3v) is 3.24. The fourth-order valence-electron chi connectivity index (χ4n) is 2.26. The van der Waals surface area contributed by atoms with Crippen molar-refractivity contribution in [2.75, 3.05) is 13.2 Å². The molecule has 5 heteroatoms. The summed E-state index contributed by atoms with van der Waals surface area (Å²) in [5.41, 5.74) is 0.819. The van der Waals surface area contributed by atoms with Crippen molar-refractivity contribution in [3.63, 3.8) is 0 Å². The summed E-state index contributed by atoms with van der Waals surface area (Å²) in [6, 6.07) is 8.69. The van der Waals surface area contributed by atoms with E-state index in [0.717, 1.165) is 5.56 Å². The molecule has 1 aromatic carbocycles. The summed E-state index contributed by atoms with van der Waals surface area (Å²) in [6.45, 7) is -0.0453. The Balaban J connectivity index is 2.19. The van der Waals surface area contributed by atoms with Crippen molar-refractivity contribution in [3.05, 3.63) is 35.9 Å². The Morgan fingerprint density at radius 1 is 1.39 bits per heavy atom. The van der Waals surface area contributed by atoms with Gasteiger partial charge < -0.3 is 15.1 Å². The Labute approximate surface area is 105 Å². The van der Waals surface area contributed by atoms with Crippen molar-refractivity contribution in [1.29, 1.82) is 0 Å². The van der Waals surface area contributed by atoms with Crippen LogP contribution in [0, 0.1) is 5.92 Å². The summed E-state index contributed by atoms with van der Waals surface area (Å²) < 4.78 is 0. The fourth-order valence-corrected chi connectivity index (χ4v) is 2.26. The normalized spacial score (nSPS) is 21.1. The minimum absolute atomic E-state index is 0.0126. The number of nitrogens with zero attached hydrogens (tertiary/aromatic N) is 1. The van der Waals surface area contributed by atoms with Gasteiger partial charge in [0.1, 0.15) is 0 Å². The second-order valence-corrected chi connectivity index (χ2v) is 4.39. The lowest BCUT2D eigenvalue weighted by Gasteiger charge is -2.26. The zero-order valence-electron chi connectivity index (χ0n) is 9.82. The number of carboxylic acid groups (broad SMARTS) is 1.